The number of hydrogen-bond donors (Lipinski definition) is 3. The molecule has 0 unspecified atom stereocenters. The summed E-state index contributed by atoms with van der Waals surface area (Å²) in [6, 6.07) is 11.9. The molecule has 0 spiro atoms. The summed E-state index contributed by atoms with van der Waals surface area (Å²) in [7, 11) is 0. The molecule has 5 nitrogen and oxygen atoms in total. The SMILES string of the molecule is CC(C)(C)c1ccc(O)c(NC(=O)CNC(=O)c2ccc(Br)cc2)c1. The molecule has 6 heteroatoms. The van der Waals surface area contributed by atoms with Gasteiger partial charge >= 0.3 is 0 Å². The van der Waals surface area contributed by atoms with Crippen molar-refractivity contribution in [3.63, 3.8) is 0 Å². The van der Waals surface area contributed by atoms with Gasteiger partial charge in [-0.25, -0.2) is 0 Å². The molecule has 3 N–H and O–H groups in total. The van der Waals surface area contributed by atoms with Crippen LogP contribution < -0.4 is 10.6 Å². The Morgan fingerprint density at radius 1 is 1.08 bits per heavy atom. The van der Waals surface area contributed by atoms with Crippen LogP contribution in [0, 0.1) is 0 Å². The molecule has 0 aliphatic carbocycles. The normalized spacial score (nSPS) is 11.0. The molecule has 0 radical (unpaired) electrons. The molecular weight excluding hydrogens is 384 g/mol. The van der Waals surface area contributed by atoms with Crippen LogP contribution in [0.25, 0.3) is 0 Å². The molecule has 0 saturated heterocycles. The van der Waals surface area contributed by atoms with E-state index in [-0.39, 0.29) is 23.6 Å². The Bertz CT molecular complexity index is 780. The van der Waals surface area contributed by atoms with Gasteiger partial charge in [0.05, 0.1) is 12.2 Å². The fraction of sp³-hybridized carbons (Fsp3) is 0.263. The fourth-order valence-electron chi connectivity index (χ4n) is 2.16. The summed E-state index contributed by atoms with van der Waals surface area (Å²) < 4.78 is 0.871. The number of aromatic hydroxyl groups is 1. The van der Waals surface area contributed by atoms with Crippen molar-refractivity contribution in [1.29, 1.82) is 0 Å². The van der Waals surface area contributed by atoms with E-state index in [1.165, 1.54) is 0 Å². The molecule has 2 amide bonds. The van der Waals surface area contributed by atoms with Crippen molar-refractivity contribution in [2.24, 2.45) is 0 Å². The lowest BCUT2D eigenvalue weighted by atomic mass is 9.87. The predicted molar refractivity (Wildman–Crippen MR) is 102 cm³/mol. The predicted octanol–water partition coefficient (Wildman–Crippen LogP) is 3.82. The van der Waals surface area contributed by atoms with Crippen LogP contribution in [0.1, 0.15) is 36.7 Å². The summed E-state index contributed by atoms with van der Waals surface area (Å²) in [5, 5.41) is 15.1. The lowest BCUT2D eigenvalue weighted by molar-refractivity contribution is -0.115. The number of carbonyl (C=O) groups is 2. The zero-order valence-corrected chi connectivity index (χ0v) is 16.0. The molecule has 0 fully saturated rings. The van der Waals surface area contributed by atoms with E-state index < -0.39 is 5.91 Å². The second-order valence-corrected chi connectivity index (χ2v) is 7.64. The smallest absolute Gasteiger partial charge is 0.251 e. The third-order valence-electron chi connectivity index (χ3n) is 3.65. The molecule has 25 heavy (non-hydrogen) atoms. The molecule has 0 aromatic heterocycles. The monoisotopic (exact) mass is 404 g/mol. The van der Waals surface area contributed by atoms with Crippen molar-refractivity contribution < 1.29 is 14.7 Å². The molecule has 2 aromatic carbocycles. The maximum Gasteiger partial charge on any atom is 0.251 e. The Labute approximate surface area is 155 Å². The quantitative estimate of drug-likeness (QED) is 0.677. The Hall–Kier alpha value is -2.34. The van der Waals surface area contributed by atoms with E-state index in [4.69, 9.17) is 0 Å². The standard InChI is InChI=1S/C19H21BrN2O3/c1-19(2,3)13-6-9-16(23)15(10-13)22-17(24)11-21-18(25)12-4-7-14(20)8-5-12/h4-10,23H,11H2,1-3H3,(H,21,25)(H,22,24). The third-order valence-corrected chi connectivity index (χ3v) is 4.18. The average molecular weight is 405 g/mol. The first-order valence-electron chi connectivity index (χ1n) is 7.84. The third kappa shape index (κ3) is 5.32. The molecule has 0 atom stereocenters. The maximum absolute atomic E-state index is 12.1. The number of rotatable bonds is 4. The highest BCUT2D eigenvalue weighted by atomic mass is 79.9. The lowest BCUT2D eigenvalue weighted by Crippen LogP contribution is -2.32. The first kappa shape index (κ1) is 19.0. The Morgan fingerprint density at radius 3 is 2.32 bits per heavy atom. The topological polar surface area (TPSA) is 78.4 Å². The van der Waals surface area contributed by atoms with Crippen LogP contribution in [-0.4, -0.2) is 23.5 Å². The second-order valence-electron chi connectivity index (χ2n) is 6.72. The molecule has 0 bridgehead atoms. The summed E-state index contributed by atoms with van der Waals surface area (Å²) in [4.78, 5) is 24.1. The van der Waals surface area contributed by atoms with Gasteiger partial charge in [0.15, 0.2) is 0 Å². The van der Waals surface area contributed by atoms with Gasteiger partial charge in [-0.05, 0) is 47.4 Å². The number of halogens is 1. The van der Waals surface area contributed by atoms with E-state index in [2.05, 4.69) is 26.6 Å². The number of phenolic OH excluding ortho intramolecular Hbond substituents is 1. The van der Waals surface area contributed by atoms with Gasteiger partial charge in [0.2, 0.25) is 5.91 Å². The number of amides is 2. The van der Waals surface area contributed by atoms with Gasteiger partial charge in [0.25, 0.3) is 5.91 Å². The molecule has 2 aromatic rings. The Morgan fingerprint density at radius 2 is 1.72 bits per heavy atom. The minimum absolute atomic E-state index is 0.0133. The molecule has 0 aliphatic heterocycles. The highest BCUT2D eigenvalue weighted by Gasteiger charge is 2.16. The van der Waals surface area contributed by atoms with E-state index in [1.807, 2.05) is 26.8 Å². The van der Waals surface area contributed by atoms with Crippen molar-refractivity contribution in [2.75, 3.05) is 11.9 Å². The highest BCUT2D eigenvalue weighted by Crippen LogP contribution is 2.30. The van der Waals surface area contributed by atoms with Crippen molar-refractivity contribution >= 4 is 33.4 Å². The molecule has 0 aliphatic rings. The zero-order chi connectivity index (χ0) is 18.6. The maximum atomic E-state index is 12.1. The van der Waals surface area contributed by atoms with Crippen LogP contribution in [-0.2, 0) is 10.2 Å². The molecule has 2 rings (SSSR count). The van der Waals surface area contributed by atoms with Gasteiger partial charge in [0, 0.05) is 10.0 Å². The van der Waals surface area contributed by atoms with Crippen LogP contribution in [0.15, 0.2) is 46.9 Å². The van der Waals surface area contributed by atoms with E-state index >= 15 is 0 Å². The van der Waals surface area contributed by atoms with E-state index in [1.54, 1.807) is 36.4 Å². The second kappa shape index (κ2) is 7.70. The molecule has 0 saturated carbocycles. The largest absolute Gasteiger partial charge is 0.506 e. The lowest BCUT2D eigenvalue weighted by Gasteiger charge is -2.20. The van der Waals surface area contributed by atoms with Crippen LogP contribution in [0.2, 0.25) is 0 Å². The van der Waals surface area contributed by atoms with Crippen LogP contribution in [0.4, 0.5) is 5.69 Å². The van der Waals surface area contributed by atoms with Gasteiger partial charge in [-0.1, -0.05) is 42.8 Å². The number of hydrogen-bond acceptors (Lipinski definition) is 3. The first-order chi connectivity index (χ1) is 11.7. The number of benzene rings is 2. The molecule has 132 valence electrons. The first-order valence-corrected chi connectivity index (χ1v) is 8.63. The Balaban J connectivity index is 1.98. The number of phenols is 1. The van der Waals surface area contributed by atoms with Gasteiger partial charge in [-0.15, -0.1) is 0 Å². The minimum atomic E-state index is -0.410. The summed E-state index contributed by atoms with van der Waals surface area (Å²) >= 11 is 3.30. The minimum Gasteiger partial charge on any atom is -0.506 e. The summed E-state index contributed by atoms with van der Waals surface area (Å²) in [5.41, 5.74) is 1.67. The van der Waals surface area contributed by atoms with Crippen LogP contribution >= 0.6 is 15.9 Å². The van der Waals surface area contributed by atoms with Crippen molar-refractivity contribution in [2.45, 2.75) is 26.2 Å². The fourth-order valence-corrected chi connectivity index (χ4v) is 2.43. The van der Waals surface area contributed by atoms with E-state index in [9.17, 15) is 14.7 Å². The van der Waals surface area contributed by atoms with Crippen LogP contribution in [0.3, 0.4) is 0 Å². The van der Waals surface area contributed by atoms with Gasteiger partial charge < -0.3 is 15.7 Å². The number of carbonyl (C=O) groups excluding carboxylic acids is 2. The van der Waals surface area contributed by atoms with E-state index in [0.717, 1.165) is 10.0 Å². The van der Waals surface area contributed by atoms with Crippen molar-refractivity contribution in [3.8, 4) is 5.75 Å². The Kier molecular flexibility index (Phi) is 5.85. The van der Waals surface area contributed by atoms with Crippen molar-refractivity contribution in [3.05, 3.63) is 58.1 Å². The van der Waals surface area contributed by atoms with E-state index in [0.29, 0.717) is 11.3 Å². The van der Waals surface area contributed by atoms with Crippen molar-refractivity contribution in [1.82, 2.24) is 5.32 Å². The number of nitrogens with one attached hydrogen (secondary N) is 2. The van der Waals surface area contributed by atoms with Gasteiger partial charge in [-0.2, -0.15) is 0 Å². The summed E-state index contributed by atoms with van der Waals surface area (Å²) in [5.74, 6) is -0.761. The van der Waals surface area contributed by atoms with Crippen LogP contribution in [0.5, 0.6) is 5.75 Å². The average Bonchev–Trinajstić information content (AvgIpc) is 2.54. The van der Waals surface area contributed by atoms with Gasteiger partial charge in [0.1, 0.15) is 5.75 Å². The highest BCUT2D eigenvalue weighted by molar-refractivity contribution is 9.10. The molecular formula is C19H21BrN2O3. The molecule has 0 heterocycles. The van der Waals surface area contributed by atoms with Gasteiger partial charge in [-0.3, -0.25) is 9.59 Å². The number of anilines is 1. The zero-order valence-electron chi connectivity index (χ0n) is 14.4. The summed E-state index contributed by atoms with van der Waals surface area (Å²) in [6.07, 6.45) is 0. The summed E-state index contributed by atoms with van der Waals surface area (Å²) in [6.45, 7) is 5.95.